The molecule has 0 aliphatic carbocycles. The summed E-state index contributed by atoms with van der Waals surface area (Å²) in [7, 11) is 0. The molecule has 2 aromatic carbocycles. The first-order chi connectivity index (χ1) is 9.17. The minimum atomic E-state index is -1.02. The molecule has 1 amide bonds. The van der Waals surface area contributed by atoms with Crippen LogP contribution in [0.2, 0.25) is 5.02 Å². The molecule has 0 aliphatic heterocycles. The molecule has 3 nitrogen and oxygen atoms in total. The van der Waals surface area contributed by atoms with Crippen LogP contribution in [0.15, 0.2) is 48.5 Å². The van der Waals surface area contributed by atoms with E-state index in [-0.39, 0.29) is 0 Å². The molecule has 0 unspecified atom stereocenters. The van der Waals surface area contributed by atoms with Crippen molar-refractivity contribution in [2.24, 2.45) is 0 Å². The molecule has 0 heterocycles. The van der Waals surface area contributed by atoms with E-state index in [2.05, 4.69) is 10.6 Å². The molecule has 0 fully saturated rings. The van der Waals surface area contributed by atoms with Gasteiger partial charge in [0.05, 0.1) is 0 Å². The molecule has 5 heteroatoms. The van der Waals surface area contributed by atoms with Gasteiger partial charge in [-0.25, -0.2) is 4.39 Å². The normalized spacial score (nSPS) is 10.0. The lowest BCUT2D eigenvalue weighted by atomic mass is 10.2. The minimum Gasteiger partial charge on any atom is -0.356 e. The fourth-order valence-corrected chi connectivity index (χ4v) is 1.66. The van der Waals surface area contributed by atoms with Crippen molar-refractivity contribution >= 4 is 34.6 Å². The number of hydrogen-bond acceptors (Lipinski definition) is 2. The summed E-state index contributed by atoms with van der Waals surface area (Å²) in [5, 5.41) is 6.29. The largest absolute Gasteiger partial charge is 0.356 e. The minimum absolute atomic E-state index is 0.560. The third kappa shape index (κ3) is 3.96. The number of halogens is 2. The monoisotopic (exact) mass is 278 g/mol. The molecule has 0 atom stereocenters. The Balaban J connectivity index is 2.02. The Labute approximate surface area is 115 Å². The van der Waals surface area contributed by atoms with Gasteiger partial charge in [-0.2, -0.15) is 0 Å². The maximum atomic E-state index is 12.0. The second-order valence-corrected chi connectivity index (χ2v) is 4.33. The van der Waals surface area contributed by atoms with Crippen LogP contribution in [0.1, 0.15) is 0 Å². The zero-order chi connectivity index (χ0) is 13.7. The van der Waals surface area contributed by atoms with Crippen LogP contribution in [0.5, 0.6) is 0 Å². The van der Waals surface area contributed by atoms with Crippen LogP contribution >= 0.6 is 11.6 Å². The van der Waals surface area contributed by atoms with Gasteiger partial charge in [0.15, 0.2) is 6.67 Å². The predicted octanol–water partition coefficient (Wildman–Crippen LogP) is 3.99. The van der Waals surface area contributed by atoms with Gasteiger partial charge >= 0.3 is 0 Å². The summed E-state index contributed by atoms with van der Waals surface area (Å²) >= 11 is 5.80. The molecule has 0 spiro atoms. The van der Waals surface area contributed by atoms with Crippen LogP contribution < -0.4 is 10.6 Å². The lowest BCUT2D eigenvalue weighted by molar-refractivity contribution is -0.117. The van der Waals surface area contributed by atoms with Gasteiger partial charge in [-0.1, -0.05) is 11.6 Å². The fourth-order valence-electron chi connectivity index (χ4n) is 1.53. The number of benzene rings is 2. The molecular formula is C14H12ClFN2O. The standard InChI is InChI=1S/C14H12ClFN2O/c15-10-1-3-11(4-2-10)17-12-5-7-13(8-6-12)18-14(19)9-16/h1-8,17H,9H2,(H,18,19). The molecule has 2 rings (SSSR count). The number of alkyl halides is 1. The van der Waals surface area contributed by atoms with Gasteiger partial charge in [0.1, 0.15) is 0 Å². The van der Waals surface area contributed by atoms with Gasteiger partial charge < -0.3 is 10.6 Å². The van der Waals surface area contributed by atoms with E-state index in [0.717, 1.165) is 11.4 Å². The molecule has 98 valence electrons. The molecule has 0 radical (unpaired) electrons. The van der Waals surface area contributed by atoms with Crippen molar-refractivity contribution < 1.29 is 9.18 Å². The van der Waals surface area contributed by atoms with Gasteiger partial charge in [-0.15, -0.1) is 0 Å². The number of hydrogen-bond donors (Lipinski definition) is 2. The first-order valence-corrected chi connectivity index (χ1v) is 6.03. The molecule has 2 aromatic rings. The van der Waals surface area contributed by atoms with Crippen molar-refractivity contribution in [3.05, 3.63) is 53.6 Å². The Bertz CT molecular complexity index is 555. The summed E-state index contributed by atoms with van der Waals surface area (Å²) in [6, 6.07) is 14.3. The summed E-state index contributed by atoms with van der Waals surface area (Å²) in [4.78, 5) is 10.9. The molecule has 0 bridgehead atoms. The van der Waals surface area contributed by atoms with Crippen LogP contribution in [-0.2, 0) is 4.79 Å². The fraction of sp³-hybridized carbons (Fsp3) is 0.0714. The van der Waals surface area contributed by atoms with Crippen molar-refractivity contribution in [3.8, 4) is 0 Å². The Morgan fingerprint density at radius 3 is 1.95 bits per heavy atom. The number of rotatable bonds is 4. The molecule has 0 aliphatic rings. The van der Waals surface area contributed by atoms with Gasteiger partial charge in [0.25, 0.3) is 5.91 Å². The van der Waals surface area contributed by atoms with E-state index in [1.165, 1.54) is 0 Å². The molecule has 2 N–H and O–H groups in total. The van der Waals surface area contributed by atoms with E-state index in [0.29, 0.717) is 10.7 Å². The zero-order valence-electron chi connectivity index (χ0n) is 9.99. The summed E-state index contributed by atoms with van der Waals surface area (Å²) in [6.45, 7) is -1.02. The smallest absolute Gasteiger partial charge is 0.255 e. The number of carbonyl (C=O) groups is 1. The van der Waals surface area contributed by atoms with Gasteiger partial charge in [0.2, 0.25) is 0 Å². The van der Waals surface area contributed by atoms with Gasteiger partial charge in [-0.3, -0.25) is 4.79 Å². The van der Waals surface area contributed by atoms with Crippen LogP contribution in [0.4, 0.5) is 21.5 Å². The molecule has 0 aromatic heterocycles. The number of nitrogens with one attached hydrogen (secondary N) is 2. The first-order valence-electron chi connectivity index (χ1n) is 5.66. The summed E-state index contributed by atoms with van der Waals surface area (Å²) in [6.07, 6.45) is 0. The van der Waals surface area contributed by atoms with Crippen molar-refractivity contribution in [1.29, 1.82) is 0 Å². The van der Waals surface area contributed by atoms with Crippen molar-refractivity contribution in [1.82, 2.24) is 0 Å². The third-order valence-corrected chi connectivity index (χ3v) is 2.67. The van der Waals surface area contributed by atoms with Crippen molar-refractivity contribution in [2.75, 3.05) is 17.3 Å². The summed E-state index contributed by atoms with van der Waals surface area (Å²) < 4.78 is 12.0. The second kappa shape index (κ2) is 6.20. The Morgan fingerprint density at radius 1 is 0.947 bits per heavy atom. The first kappa shape index (κ1) is 13.4. The average molecular weight is 279 g/mol. The highest BCUT2D eigenvalue weighted by Gasteiger charge is 2.01. The summed E-state index contributed by atoms with van der Waals surface area (Å²) in [5.41, 5.74) is 2.33. The Morgan fingerprint density at radius 2 is 1.42 bits per heavy atom. The van der Waals surface area contributed by atoms with Crippen molar-refractivity contribution in [3.63, 3.8) is 0 Å². The zero-order valence-corrected chi connectivity index (χ0v) is 10.7. The second-order valence-electron chi connectivity index (χ2n) is 3.89. The van der Waals surface area contributed by atoms with Crippen LogP contribution in [-0.4, -0.2) is 12.6 Å². The van der Waals surface area contributed by atoms with E-state index < -0.39 is 12.6 Å². The van der Waals surface area contributed by atoms with E-state index in [1.807, 2.05) is 12.1 Å². The predicted molar refractivity (Wildman–Crippen MR) is 75.8 cm³/mol. The number of anilines is 3. The lowest BCUT2D eigenvalue weighted by Crippen LogP contribution is -2.12. The topological polar surface area (TPSA) is 41.1 Å². The Kier molecular flexibility index (Phi) is 4.36. The van der Waals surface area contributed by atoms with Crippen LogP contribution in [0.3, 0.4) is 0 Å². The highest BCUT2D eigenvalue weighted by atomic mass is 35.5. The molecule has 0 saturated carbocycles. The van der Waals surface area contributed by atoms with Gasteiger partial charge in [-0.05, 0) is 48.5 Å². The average Bonchev–Trinajstić information content (AvgIpc) is 2.43. The number of carbonyl (C=O) groups excluding carboxylic acids is 1. The maximum Gasteiger partial charge on any atom is 0.255 e. The third-order valence-electron chi connectivity index (χ3n) is 2.42. The SMILES string of the molecule is O=C(CF)Nc1ccc(Nc2ccc(Cl)cc2)cc1. The van der Waals surface area contributed by atoms with E-state index >= 15 is 0 Å². The van der Waals surface area contributed by atoms with E-state index in [1.54, 1.807) is 36.4 Å². The molecular weight excluding hydrogens is 267 g/mol. The molecule has 19 heavy (non-hydrogen) atoms. The Hall–Kier alpha value is -2.07. The van der Waals surface area contributed by atoms with Crippen molar-refractivity contribution in [2.45, 2.75) is 0 Å². The highest BCUT2D eigenvalue weighted by molar-refractivity contribution is 6.30. The van der Waals surface area contributed by atoms with E-state index in [9.17, 15) is 9.18 Å². The lowest BCUT2D eigenvalue weighted by Gasteiger charge is -2.08. The van der Waals surface area contributed by atoms with Gasteiger partial charge in [0, 0.05) is 22.1 Å². The molecule has 0 saturated heterocycles. The highest BCUT2D eigenvalue weighted by Crippen LogP contribution is 2.20. The van der Waals surface area contributed by atoms with E-state index in [4.69, 9.17) is 11.6 Å². The quantitative estimate of drug-likeness (QED) is 0.888. The number of amides is 1. The maximum absolute atomic E-state index is 12.0. The van der Waals surface area contributed by atoms with Crippen LogP contribution in [0.25, 0.3) is 0 Å². The van der Waals surface area contributed by atoms with Crippen LogP contribution in [0, 0.1) is 0 Å². The summed E-state index contributed by atoms with van der Waals surface area (Å²) in [5.74, 6) is -0.654.